The van der Waals surface area contributed by atoms with Crippen molar-refractivity contribution in [3.05, 3.63) is 58.1 Å². The highest BCUT2D eigenvalue weighted by molar-refractivity contribution is 6.45. The Bertz CT molecular complexity index is 809. The average molecular weight is 380 g/mol. The molecule has 0 unspecified atom stereocenters. The van der Waals surface area contributed by atoms with Gasteiger partial charge in [0.25, 0.3) is 0 Å². The third kappa shape index (κ3) is 5.20. The molecule has 0 atom stereocenters. The SMILES string of the molecule is CCOc1ccccc1/C=N\NC(=O)C(=O)Nc1cccc(Cl)c1Cl. The molecule has 2 aromatic rings. The van der Waals surface area contributed by atoms with Gasteiger partial charge in [-0.25, -0.2) is 5.43 Å². The van der Waals surface area contributed by atoms with Gasteiger partial charge >= 0.3 is 11.8 Å². The zero-order chi connectivity index (χ0) is 18.2. The Morgan fingerprint density at radius 3 is 2.64 bits per heavy atom. The van der Waals surface area contributed by atoms with Gasteiger partial charge in [0.05, 0.1) is 28.6 Å². The molecule has 130 valence electrons. The van der Waals surface area contributed by atoms with Crippen molar-refractivity contribution < 1.29 is 14.3 Å². The first-order chi connectivity index (χ1) is 12.0. The number of amides is 2. The number of nitrogens with zero attached hydrogens (tertiary/aromatic N) is 1. The monoisotopic (exact) mass is 379 g/mol. The second-order valence-electron chi connectivity index (χ2n) is 4.73. The van der Waals surface area contributed by atoms with E-state index in [1.807, 2.05) is 13.0 Å². The Labute approximate surface area is 154 Å². The maximum absolute atomic E-state index is 11.9. The van der Waals surface area contributed by atoms with Gasteiger partial charge in [0.15, 0.2) is 0 Å². The molecule has 0 aliphatic carbocycles. The number of carbonyl (C=O) groups excluding carboxylic acids is 2. The number of nitrogens with one attached hydrogen (secondary N) is 2. The molecule has 0 aliphatic rings. The molecule has 2 amide bonds. The summed E-state index contributed by atoms with van der Waals surface area (Å²) < 4.78 is 5.43. The van der Waals surface area contributed by atoms with Gasteiger partial charge in [-0.3, -0.25) is 9.59 Å². The number of anilines is 1. The summed E-state index contributed by atoms with van der Waals surface area (Å²) in [5, 5.41) is 6.55. The first-order valence-corrected chi connectivity index (χ1v) is 8.08. The van der Waals surface area contributed by atoms with E-state index in [1.165, 1.54) is 12.3 Å². The molecule has 0 heterocycles. The van der Waals surface area contributed by atoms with Crippen molar-refractivity contribution in [1.29, 1.82) is 0 Å². The van der Waals surface area contributed by atoms with Crippen LogP contribution in [0.25, 0.3) is 0 Å². The van der Waals surface area contributed by atoms with Crippen LogP contribution in [0.1, 0.15) is 12.5 Å². The van der Waals surface area contributed by atoms with E-state index in [9.17, 15) is 9.59 Å². The maximum atomic E-state index is 11.9. The van der Waals surface area contributed by atoms with Crippen LogP contribution in [-0.4, -0.2) is 24.6 Å². The van der Waals surface area contributed by atoms with Crippen molar-refractivity contribution in [3.63, 3.8) is 0 Å². The van der Waals surface area contributed by atoms with E-state index in [4.69, 9.17) is 27.9 Å². The molecule has 2 N–H and O–H groups in total. The lowest BCUT2D eigenvalue weighted by molar-refractivity contribution is -0.136. The number of ether oxygens (including phenoxy) is 1. The number of rotatable bonds is 5. The Kier molecular flexibility index (Phi) is 6.80. The van der Waals surface area contributed by atoms with E-state index >= 15 is 0 Å². The minimum Gasteiger partial charge on any atom is -0.493 e. The summed E-state index contributed by atoms with van der Waals surface area (Å²) in [6, 6.07) is 11.9. The van der Waals surface area contributed by atoms with E-state index in [1.54, 1.807) is 30.3 Å². The lowest BCUT2D eigenvalue weighted by atomic mass is 10.2. The zero-order valence-corrected chi connectivity index (χ0v) is 14.8. The molecule has 8 heteroatoms. The molecular formula is C17H15Cl2N3O3. The minimum absolute atomic E-state index is 0.152. The predicted molar refractivity (Wildman–Crippen MR) is 98.4 cm³/mol. The van der Waals surface area contributed by atoms with Gasteiger partial charge in [-0.2, -0.15) is 5.10 Å². The quantitative estimate of drug-likeness (QED) is 0.474. The number of benzene rings is 2. The van der Waals surface area contributed by atoms with E-state index in [0.717, 1.165) is 0 Å². The van der Waals surface area contributed by atoms with Crippen LogP contribution in [0.15, 0.2) is 47.6 Å². The lowest BCUT2D eigenvalue weighted by Gasteiger charge is -2.07. The molecule has 0 aliphatic heterocycles. The molecule has 0 spiro atoms. The van der Waals surface area contributed by atoms with Gasteiger partial charge in [0.2, 0.25) is 0 Å². The van der Waals surface area contributed by atoms with Gasteiger partial charge < -0.3 is 10.1 Å². The van der Waals surface area contributed by atoms with Crippen LogP contribution >= 0.6 is 23.2 Å². The minimum atomic E-state index is -0.943. The molecule has 0 saturated heterocycles. The van der Waals surface area contributed by atoms with Crippen LogP contribution in [0.5, 0.6) is 5.75 Å². The summed E-state index contributed by atoms with van der Waals surface area (Å²) in [4.78, 5) is 23.7. The number of hydrogen-bond donors (Lipinski definition) is 2. The van der Waals surface area contributed by atoms with E-state index in [0.29, 0.717) is 17.9 Å². The Hall–Kier alpha value is -2.57. The summed E-state index contributed by atoms with van der Waals surface area (Å²) >= 11 is 11.8. The fourth-order valence-corrected chi connectivity index (χ4v) is 2.21. The Balaban J connectivity index is 1.98. The van der Waals surface area contributed by atoms with Crippen LogP contribution in [0, 0.1) is 0 Å². The van der Waals surface area contributed by atoms with Gasteiger partial charge in [0, 0.05) is 5.56 Å². The largest absolute Gasteiger partial charge is 0.493 e. The normalized spacial score (nSPS) is 10.5. The standard InChI is InChI=1S/C17H15Cl2N3O3/c1-2-25-14-9-4-3-6-11(14)10-20-22-17(24)16(23)21-13-8-5-7-12(18)15(13)19/h3-10H,2H2,1H3,(H,21,23)(H,22,24)/b20-10-. The summed E-state index contributed by atoms with van der Waals surface area (Å²) in [6.07, 6.45) is 1.39. The highest BCUT2D eigenvalue weighted by Gasteiger charge is 2.15. The highest BCUT2D eigenvalue weighted by atomic mass is 35.5. The van der Waals surface area contributed by atoms with Gasteiger partial charge in [-0.1, -0.05) is 41.4 Å². The molecule has 6 nitrogen and oxygen atoms in total. The van der Waals surface area contributed by atoms with Gasteiger partial charge in [0.1, 0.15) is 5.75 Å². The lowest BCUT2D eigenvalue weighted by Crippen LogP contribution is -2.32. The fraction of sp³-hybridized carbons (Fsp3) is 0.118. The molecule has 0 radical (unpaired) electrons. The van der Waals surface area contributed by atoms with Crippen LogP contribution in [0.4, 0.5) is 5.69 Å². The van der Waals surface area contributed by atoms with Crippen molar-refractivity contribution in [2.75, 3.05) is 11.9 Å². The average Bonchev–Trinajstić information content (AvgIpc) is 2.60. The number of para-hydroxylation sites is 1. The third-order valence-corrected chi connectivity index (χ3v) is 3.81. The first kappa shape index (κ1) is 18.8. The Morgan fingerprint density at radius 2 is 1.88 bits per heavy atom. The van der Waals surface area contributed by atoms with E-state index < -0.39 is 11.8 Å². The van der Waals surface area contributed by atoms with Crippen molar-refractivity contribution in [2.45, 2.75) is 6.92 Å². The second kappa shape index (κ2) is 9.05. The third-order valence-electron chi connectivity index (χ3n) is 2.99. The summed E-state index contributed by atoms with van der Waals surface area (Å²) in [7, 11) is 0. The van der Waals surface area contributed by atoms with Crippen molar-refractivity contribution in [1.82, 2.24) is 5.43 Å². The van der Waals surface area contributed by atoms with Gasteiger partial charge in [-0.15, -0.1) is 0 Å². The van der Waals surface area contributed by atoms with E-state index in [2.05, 4.69) is 15.8 Å². The van der Waals surface area contributed by atoms with Crippen LogP contribution in [-0.2, 0) is 9.59 Å². The molecule has 0 bridgehead atoms. The summed E-state index contributed by atoms with van der Waals surface area (Å²) in [5.41, 5.74) is 3.05. The first-order valence-electron chi connectivity index (χ1n) is 7.33. The van der Waals surface area contributed by atoms with Crippen LogP contribution < -0.4 is 15.5 Å². The topological polar surface area (TPSA) is 79.8 Å². The van der Waals surface area contributed by atoms with Gasteiger partial charge in [-0.05, 0) is 31.2 Å². The predicted octanol–water partition coefficient (Wildman–Crippen LogP) is 3.48. The number of hydrazone groups is 1. The van der Waals surface area contributed by atoms with Crippen LogP contribution in [0.3, 0.4) is 0 Å². The molecule has 25 heavy (non-hydrogen) atoms. The smallest absolute Gasteiger partial charge is 0.329 e. The van der Waals surface area contributed by atoms with Crippen molar-refractivity contribution >= 4 is 46.9 Å². The number of carbonyl (C=O) groups is 2. The van der Waals surface area contributed by atoms with Crippen molar-refractivity contribution in [3.8, 4) is 5.75 Å². The highest BCUT2D eigenvalue weighted by Crippen LogP contribution is 2.29. The zero-order valence-electron chi connectivity index (χ0n) is 13.3. The van der Waals surface area contributed by atoms with Crippen molar-refractivity contribution in [2.24, 2.45) is 5.10 Å². The molecule has 0 saturated carbocycles. The molecule has 0 fully saturated rings. The number of hydrogen-bond acceptors (Lipinski definition) is 4. The molecule has 0 aromatic heterocycles. The summed E-state index contributed by atoms with van der Waals surface area (Å²) in [6.45, 7) is 2.36. The second-order valence-corrected chi connectivity index (χ2v) is 5.51. The maximum Gasteiger partial charge on any atom is 0.329 e. The van der Waals surface area contributed by atoms with Crippen LogP contribution in [0.2, 0.25) is 10.0 Å². The summed E-state index contributed by atoms with van der Waals surface area (Å²) in [5.74, 6) is -1.24. The molecular weight excluding hydrogens is 365 g/mol. The molecule has 2 aromatic carbocycles. The fourth-order valence-electron chi connectivity index (χ4n) is 1.86. The molecule has 2 rings (SSSR count). The number of halogens is 2. The van der Waals surface area contributed by atoms with E-state index in [-0.39, 0.29) is 15.7 Å². The Morgan fingerprint density at radius 1 is 1.12 bits per heavy atom.